The Morgan fingerprint density at radius 3 is 1.41 bits per heavy atom. The molecule has 0 radical (unpaired) electrons. The normalized spacial score (nSPS) is 12.7. The Morgan fingerprint density at radius 1 is 0.264 bits per heavy atom. The standard InChI is InChI=1S/C48H35N3S.C44H28N2S.C36H21N3O2/c1-28-29(2)48(3,4)43-33(28)22-24-36-35(43)23-25-37-38-26-27-39-34-14-8-11-17-42(34)52-46(39)45(38)51(44(36)37)32-20-18-31(19-21-32)50-41-16-10-9-15-40(41)49-47(50)30-12-6-5-7-13-30;1-3-13-29(14-4-1)31-17-11-19-33(25-31)45-39-23-9-7-21-35(39)37-27-38-42(28-41(37)45)47-44-36-22-8-10-24-40(36)46(43(38)44)34-20-12-18-32(26-34)30-15-5-2-6-16-30;1-3-11-22(12-4-1)28-21-29(23-13-5-2-6-14-23)38-36(37-28)39-30-17-9-7-16-26(30)32-27-20-19-25-24-15-8-10-18-31(24)40-33(25)34(27)41-35(32)39/h5-27H,1-4H3;1-28H;1-21H. The first-order valence-corrected chi connectivity index (χ1v) is 49.3. The molecule has 19 aromatic carbocycles. The molecule has 0 saturated carbocycles. The van der Waals surface area contributed by atoms with Crippen molar-refractivity contribution in [2.24, 2.45) is 0 Å². The number of hydrogen-bond donors (Lipinski definition) is 0. The number of aromatic nitrogens is 8. The van der Waals surface area contributed by atoms with Crippen LogP contribution in [-0.2, 0) is 5.41 Å². The highest BCUT2D eigenvalue weighted by Gasteiger charge is 2.37. The molecule has 1 aliphatic rings. The Balaban J connectivity index is 0.000000104. The average molecular weight is 1830 g/mol. The average Bonchev–Trinajstić information content (AvgIpc) is 1.56. The minimum absolute atomic E-state index is 0.0339. The van der Waals surface area contributed by atoms with Gasteiger partial charge in [0.05, 0.1) is 75.8 Å². The van der Waals surface area contributed by atoms with Gasteiger partial charge in [0.25, 0.3) is 0 Å². The van der Waals surface area contributed by atoms with Gasteiger partial charge in [0.15, 0.2) is 11.2 Å². The second-order valence-electron chi connectivity index (χ2n) is 37.2. The number of allylic oxidation sites excluding steroid dienone is 2. The molecule has 30 rings (SSSR count). The number of imidazole rings is 1. The van der Waals surface area contributed by atoms with E-state index in [4.69, 9.17) is 23.8 Å². The molecule has 29 aromatic rings. The Hall–Kier alpha value is -17.6. The largest absolute Gasteiger partial charge is 0.452 e. The molecule has 0 bridgehead atoms. The zero-order valence-corrected chi connectivity index (χ0v) is 78.4. The van der Waals surface area contributed by atoms with Crippen LogP contribution >= 0.6 is 22.7 Å². The Bertz CT molecular complexity index is 10100. The molecule has 0 atom stereocenters. The summed E-state index contributed by atoms with van der Waals surface area (Å²) in [6.45, 7) is 9.37. The molecule has 0 aliphatic heterocycles. The number of fused-ring (bicyclic) bond motifs is 29. The van der Waals surface area contributed by atoms with Crippen LogP contribution in [0.2, 0.25) is 0 Å². The third-order valence-corrected chi connectivity index (χ3v) is 31.6. The first kappa shape index (κ1) is 80.9. The van der Waals surface area contributed by atoms with Gasteiger partial charge in [-0.1, -0.05) is 335 Å². The number of benzene rings is 19. The van der Waals surface area contributed by atoms with E-state index in [0.717, 1.165) is 106 Å². The van der Waals surface area contributed by atoms with E-state index in [1.54, 1.807) is 0 Å². The van der Waals surface area contributed by atoms with E-state index in [1.165, 1.54) is 162 Å². The molecular formula is C128H84N8O2S2. The molecule has 10 heterocycles. The quantitative estimate of drug-likeness (QED) is 0.136. The highest BCUT2D eigenvalue weighted by atomic mass is 32.1. The van der Waals surface area contributed by atoms with E-state index in [0.29, 0.717) is 11.7 Å². The summed E-state index contributed by atoms with van der Waals surface area (Å²) >= 11 is 3.81. The maximum atomic E-state index is 6.75. The van der Waals surface area contributed by atoms with E-state index in [2.05, 4.69) is 416 Å². The Labute approximate surface area is 812 Å². The first-order chi connectivity index (χ1) is 69.0. The van der Waals surface area contributed by atoms with Crippen molar-refractivity contribution < 1.29 is 8.83 Å². The lowest BCUT2D eigenvalue weighted by atomic mass is 9.79. The lowest BCUT2D eigenvalue weighted by molar-refractivity contribution is 0.619. The van der Waals surface area contributed by atoms with Crippen LogP contribution in [0.4, 0.5) is 0 Å². The van der Waals surface area contributed by atoms with Gasteiger partial charge in [-0.05, 0) is 180 Å². The summed E-state index contributed by atoms with van der Waals surface area (Å²) in [7, 11) is 0. The Morgan fingerprint density at radius 2 is 0.736 bits per heavy atom. The Kier molecular flexibility index (Phi) is 18.4. The van der Waals surface area contributed by atoms with Crippen molar-refractivity contribution in [2.45, 2.75) is 33.1 Å². The van der Waals surface area contributed by atoms with Gasteiger partial charge in [0.2, 0.25) is 11.7 Å². The highest BCUT2D eigenvalue weighted by molar-refractivity contribution is 7.27. The van der Waals surface area contributed by atoms with Gasteiger partial charge < -0.3 is 22.5 Å². The fourth-order valence-electron chi connectivity index (χ4n) is 22.5. The molecule has 0 saturated heterocycles. The van der Waals surface area contributed by atoms with E-state index < -0.39 is 0 Å². The van der Waals surface area contributed by atoms with Crippen molar-refractivity contribution in [2.75, 3.05) is 0 Å². The van der Waals surface area contributed by atoms with Gasteiger partial charge in [-0.2, -0.15) is 0 Å². The van der Waals surface area contributed by atoms with Crippen molar-refractivity contribution >= 4 is 200 Å². The van der Waals surface area contributed by atoms with Gasteiger partial charge in [-0.25, -0.2) is 19.5 Å². The molecule has 12 heteroatoms. The van der Waals surface area contributed by atoms with Gasteiger partial charge in [0.1, 0.15) is 11.4 Å². The molecule has 140 heavy (non-hydrogen) atoms. The van der Waals surface area contributed by atoms with E-state index in [9.17, 15) is 0 Å². The predicted octanol–water partition coefficient (Wildman–Crippen LogP) is 35.4. The molecule has 0 unspecified atom stereocenters. The SMILES string of the molecule is CC1=C(C)C(C)(C)c2c1ccc1c2ccc2c3ccc4c5ccccc5sc4c3n(-c3ccc(-n4c(-c5ccccc5)nc5ccccc54)cc3)c12.c1ccc(-c2cc(-c3ccccc3)nc(-n3c4ccccc4c4c5ccc6c7ccccc7oc6c5oc43)n2)cc1.c1ccc(-c2cccc(-n3c4ccccc4c4cc5c(cc43)sc3c4ccccc4n(-c4cccc(-c6ccccc6)c4)c53)c2)cc1. The van der Waals surface area contributed by atoms with Gasteiger partial charge in [0, 0.05) is 124 Å². The van der Waals surface area contributed by atoms with Crippen LogP contribution in [-0.4, -0.2) is 37.8 Å². The third kappa shape index (κ3) is 12.5. The molecule has 10 aromatic heterocycles. The van der Waals surface area contributed by atoms with Crippen molar-refractivity contribution in [3.63, 3.8) is 0 Å². The summed E-state index contributed by atoms with van der Waals surface area (Å²) < 4.78 is 30.2. The van der Waals surface area contributed by atoms with Crippen LogP contribution in [0.3, 0.4) is 0 Å². The van der Waals surface area contributed by atoms with Crippen molar-refractivity contribution in [1.82, 2.24) is 37.8 Å². The van der Waals surface area contributed by atoms with Gasteiger partial charge in [-0.3, -0.25) is 4.57 Å². The lowest BCUT2D eigenvalue weighted by Crippen LogP contribution is -2.16. The number of para-hydroxylation sites is 6. The van der Waals surface area contributed by atoms with Crippen LogP contribution in [0.25, 0.3) is 262 Å². The summed E-state index contributed by atoms with van der Waals surface area (Å²) in [5.41, 5.74) is 33.6. The summed E-state index contributed by atoms with van der Waals surface area (Å²) in [4.78, 5) is 15.3. The van der Waals surface area contributed by atoms with Gasteiger partial charge in [-0.15, -0.1) is 22.7 Å². The smallest absolute Gasteiger partial charge is 0.238 e. The maximum Gasteiger partial charge on any atom is 0.238 e. The van der Waals surface area contributed by atoms with Crippen molar-refractivity contribution in [3.8, 4) is 84.9 Å². The third-order valence-electron chi connectivity index (χ3n) is 29.3. The monoisotopic (exact) mass is 1830 g/mol. The first-order valence-electron chi connectivity index (χ1n) is 47.7. The number of thiophene rings is 2. The summed E-state index contributed by atoms with van der Waals surface area (Å²) in [6.07, 6.45) is 0. The van der Waals surface area contributed by atoms with Crippen LogP contribution in [0, 0.1) is 0 Å². The molecule has 10 nitrogen and oxygen atoms in total. The molecule has 0 amide bonds. The molecular weight excluding hydrogens is 1750 g/mol. The number of hydrogen-bond acceptors (Lipinski definition) is 7. The van der Waals surface area contributed by atoms with Crippen LogP contribution < -0.4 is 0 Å². The van der Waals surface area contributed by atoms with Crippen molar-refractivity contribution in [3.05, 3.63) is 453 Å². The molecule has 0 N–H and O–H groups in total. The summed E-state index contributed by atoms with van der Waals surface area (Å²) in [5, 5.41) is 18.2. The summed E-state index contributed by atoms with van der Waals surface area (Å²) in [5.74, 6) is 1.50. The highest BCUT2D eigenvalue weighted by Crippen LogP contribution is 2.54. The fraction of sp³-hybridized carbons (Fsp3) is 0.0391. The van der Waals surface area contributed by atoms with Crippen LogP contribution in [0.1, 0.15) is 38.8 Å². The molecule has 0 spiro atoms. The lowest BCUT2D eigenvalue weighted by Gasteiger charge is -2.24. The zero-order chi connectivity index (χ0) is 92.7. The minimum Gasteiger partial charge on any atom is -0.452 e. The predicted molar refractivity (Wildman–Crippen MR) is 588 cm³/mol. The number of rotatable bonds is 10. The minimum atomic E-state index is -0.0339. The topological polar surface area (TPSA) is 89.6 Å². The fourth-order valence-corrected chi connectivity index (χ4v) is 24.9. The van der Waals surface area contributed by atoms with E-state index in [-0.39, 0.29) is 5.41 Å². The molecule has 0 fully saturated rings. The number of furan rings is 2. The molecule has 660 valence electrons. The van der Waals surface area contributed by atoms with Crippen LogP contribution in [0.5, 0.6) is 0 Å². The van der Waals surface area contributed by atoms with Crippen molar-refractivity contribution in [1.29, 1.82) is 0 Å². The summed E-state index contributed by atoms with van der Waals surface area (Å²) in [6, 6.07) is 156. The maximum absolute atomic E-state index is 6.75. The second-order valence-corrected chi connectivity index (χ2v) is 39.3. The van der Waals surface area contributed by atoms with E-state index >= 15 is 0 Å². The second kappa shape index (κ2) is 31.8. The zero-order valence-electron chi connectivity index (χ0n) is 76.8. The van der Waals surface area contributed by atoms with Crippen LogP contribution in [0.15, 0.2) is 451 Å². The molecule has 1 aliphatic carbocycles. The number of nitrogens with zero attached hydrogens (tertiary/aromatic N) is 8. The van der Waals surface area contributed by atoms with E-state index in [1.807, 2.05) is 94.0 Å². The van der Waals surface area contributed by atoms with Gasteiger partial charge >= 0.3 is 0 Å².